The second kappa shape index (κ2) is 17.8. The quantitative estimate of drug-likeness (QED) is 0.102. The van der Waals surface area contributed by atoms with Gasteiger partial charge in [-0.3, -0.25) is 9.59 Å². The number of hydrazine groups is 1. The van der Waals surface area contributed by atoms with Crippen LogP contribution in [0.5, 0.6) is 5.75 Å². The number of ether oxygens (including phenoxy) is 1. The summed E-state index contributed by atoms with van der Waals surface area (Å²) in [5.74, 6) is -0.213. The summed E-state index contributed by atoms with van der Waals surface area (Å²) in [6.45, 7) is 3.42. The minimum absolute atomic E-state index is 0.0340. The number of nitrogens with one attached hydrogen (secondary N) is 3. The van der Waals surface area contributed by atoms with Gasteiger partial charge >= 0.3 is 6.09 Å². The van der Waals surface area contributed by atoms with Gasteiger partial charge < -0.3 is 25.8 Å². The summed E-state index contributed by atoms with van der Waals surface area (Å²) >= 11 is 0. The molecule has 0 unspecified atom stereocenters. The average Bonchev–Trinajstić information content (AvgIpc) is 3.13. The van der Waals surface area contributed by atoms with Crippen molar-refractivity contribution in [2.75, 3.05) is 50.9 Å². The first-order valence-electron chi connectivity index (χ1n) is 16.3. The zero-order valence-corrected chi connectivity index (χ0v) is 26.9. The molecule has 1 heterocycles. The van der Waals surface area contributed by atoms with Gasteiger partial charge in [0.25, 0.3) is 5.91 Å². The number of piperidine rings is 1. The van der Waals surface area contributed by atoms with Crippen LogP contribution >= 0.6 is 0 Å². The van der Waals surface area contributed by atoms with E-state index in [-0.39, 0.29) is 37.1 Å². The Bertz CT molecular complexity index is 1640. The van der Waals surface area contributed by atoms with Crippen LogP contribution in [0.1, 0.15) is 39.1 Å². The van der Waals surface area contributed by atoms with E-state index in [1.807, 2.05) is 71.7 Å². The Labute approximate surface area is 281 Å². The third-order valence-corrected chi connectivity index (χ3v) is 7.94. The maximum Gasteiger partial charge on any atom is 0.429 e. The van der Waals surface area contributed by atoms with E-state index in [9.17, 15) is 19.5 Å². The van der Waals surface area contributed by atoms with Gasteiger partial charge in [0.1, 0.15) is 12.4 Å². The largest absolute Gasteiger partial charge is 0.508 e. The number of nitrogens with zero attached hydrogens (tertiary/aromatic N) is 2. The lowest BCUT2D eigenvalue weighted by atomic mass is 10.0. The first-order chi connectivity index (χ1) is 23.5. The van der Waals surface area contributed by atoms with E-state index in [0.717, 1.165) is 35.2 Å². The maximum absolute atomic E-state index is 13.5. The lowest BCUT2D eigenvalue weighted by Gasteiger charge is -2.37. The van der Waals surface area contributed by atoms with Gasteiger partial charge in [-0.05, 0) is 60.7 Å². The predicted molar refractivity (Wildman–Crippen MR) is 187 cm³/mol. The summed E-state index contributed by atoms with van der Waals surface area (Å²) in [6, 6.07) is 31.3. The van der Waals surface area contributed by atoms with Gasteiger partial charge in [-0.1, -0.05) is 72.8 Å². The van der Waals surface area contributed by atoms with Crippen LogP contribution in [0.3, 0.4) is 0 Å². The fourth-order valence-electron chi connectivity index (χ4n) is 5.45. The third-order valence-electron chi connectivity index (χ3n) is 7.94. The van der Waals surface area contributed by atoms with Crippen molar-refractivity contribution in [3.8, 4) is 16.9 Å². The molecule has 1 aliphatic heterocycles. The lowest BCUT2D eigenvalue weighted by molar-refractivity contribution is 0.0953. The molecule has 4 aromatic carbocycles. The number of hydrogen-bond acceptors (Lipinski definition) is 8. The second-order valence-electron chi connectivity index (χ2n) is 11.4. The molecule has 4 aromatic rings. The highest BCUT2D eigenvalue weighted by Gasteiger charge is 2.28. The number of benzene rings is 4. The molecule has 1 saturated heterocycles. The highest BCUT2D eigenvalue weighted by Crippen LogP contribution is 2.33. The molecule has 249 valence electrons. The van der Waals surface area contributed by atoms with E-state index in [1.165, 1.54) is 0 Å². The van der Waals surface area contributed by atoms with E-state index in [2.05, 4.69) is 22.4 Å². The topological polar surface area (TPSA) is 123 Å². The molecular formula is C38H42N5O5. The summed E-state index contributed by atoms with van der Waals surface area (Å²) in [4.78, 5) is 39.1. The van der Waals surface area contributed by atoms with Crippen LogP contribution < -0.4 is 21.0 Å². The van der Waals surface area contributed by atoms with E-state index in [0.29, 0.717) is 43.9 Å². The molecule has 2 amide bonds. The number of anilines is 1. The van der Waals surface area contributed by atoms with E-state index in [1.54, 1.807) is 41.4 Å². The van der Waals surface area contributed by atoms with Gasteiger partial charge in [-0.15, -0.1) is 0 Å². The van der Waals surface area contributed by atoms with Crippen LogP contribution in [0.2, 0.25) is 0 Å². The Balaban J connectivity index is 1.08. The van der Waals surface area contributed by atoms with Crippen LogP contribution in [0, 0.1) is 6.42 Å². The molecule has 0 spiro atoms. The third kappa shape index (κ3) is 9.74. The maximum atomic E-state index is 13.5. The van der Waals surface area contributed by atoms with Crippen molar-refractivity contribution in [3.05, 3.63) is 126 Å². The molecule has 0 bridgehead atoms. The fraction of sp³-hybridized carbons (Fsp3) is 0.263. The Kier molecular flexibility index (Phi) is 12.7. The number of ketones is 1. The predicted octanol–water partition coefficient (Wildman–Crippen LogP) is 5.21. The molecule has 1 aliphatic rings. The molecule has 0 aromatic heterocycles. The van der Waals surface area contributed by atoms with Gasteiger partial charge in [-0.25, -0.2) is 14.8 Å². The van der Waals surface area contributed by atoms with Crippen molar-refractivity contribution >= 4 is 23.5 Å². The molecule has 10 heteroatoms. The van der Waals surface area contributed by atoms with Crippen molar-refractivity contribution in [2.24, 2.45) is 0 Å². The van der Waals surface area contributed by atoms with Crippen molar-refractivity contribution in [3.63, 3.8) is 0 Å². The first kappa shape index (κ1) is 34.3. The summed E-state index contributed by atoms with van der Waals surface area (Å²) in [5.41, 5.74) is 4.55. The van der Waals surface area contributed by atoms with E-state index < -0.39 is 6.09 Å². The molecule has 48 heavy (non-hydrogen) atoms. The van der Waals surface area contributed by atoms with E-state index in [4.69, 9.17) is 4.74 Å². The van der Waals surface area contributed by atoms with Crippen LogP contribution in [-0.4, -0.2) is 73.8 Å². The molecule has 5 rings (SSSR count). The molecule has 10 nitrogen and oxygen atoms in total. The molecule has 0 aliphatic carbocycles. The standard InChI is InChI=1S/C38H42N5O5/c44-33-18-16-29(17-19-33)27-39-20-21-41-37(46)32-13-9-12-31(26-32)36(45)28-40-22-25-48-38(47)43(42-23-7-2-8-24-42)35-15-6-5-14-34(35)30-10-3-1-4-11-30/h1-6,9-19,26,39-40,44H,7-8,20-25,27-28H2,(H,41,46). The van der Waals surface area contributed by atoms with Gasteiger partial charge in [0.2, 0.25) is 0 Å². The number of Topliss-reactive ketones (excluding diaryl/α,β-unsaturated/α-hetero) is 1. The number of carbonyl (C=O) groups excluding carboxylic acids is 3. The average molecular weight is 649 g/mol. The number of phenolic OH excluding ortho intramolecular Hbond substituents is 1. The highest BCUT2D eigenvalue weighted by atomic mass is 16.6. The monoisotopic (exact) mass is 648 g/mol. The van der Waals surface area contributed by atoms with Crippen molar-refractivity contribution in [1.82, 2.24) is 21.0 Å². The summed E-state index contributed by atoms with van der Waals surface area (Å²) in [7, 11) is 0. The fourth-order valence-corrected chi connectivity index (χ4v) is 5.45. The molecule has 0 saturated carbocycles. The van der Waals surface area contributed by atoms with Crippen LogP contribution in [0.4, 0.5) is 10.5 Å². The Morgan fingerprint density at radius 1 is 0.771 bits per heavy atom. The smallest absolute Gasteiger partial charge is 0.429 e. The van der Waals surface area contributed by atoms with E-state index >= 15 is 0 Å². The van der Waals surface area contributed by atoms with Crippen LogP contribution in [0.25, 0.3) is 11.1 Å². The number of phenols is 1. The number of rotatable bonds is 15. The van der Waals surface area contributed by atoms with Crippen molar-refractivity contribution in [2.45, 2.75) is 19.4 Å². The molecule has 1 fully saturated rings. The summed E-state index contributed by atoms with van der Waals surface area (Å²) < 4.78 is 5.72. The Morgan fingerprint density at radius 2 is 1.50 bits per heavy atom. The van der Waals surface area contributed by atoms with Gasteiger partial charge in [0.15, 0.2) is 5.78 Å². The number of amides is 2. The Hall–Kier alpha value is -5.03. The minimum Gasteiger partial charge on any atom is -0.508 e. The Morgan fingerprint density at radius 3 is 2.29 bits per heavy atom. The first-order valence-corrected chi connectivity index (χ1v) is 16.3. The minimum atomic E-state index is -0.470. The van der Waals surface area contributed by atoms with Gasteiger partial charge in [0, 0.05) is 56.0 Å². The van der Waals surface area contributed by atoms with Crippen LogP contribution in [0.15, 0.2) is 103 Å². The number of hydrogen-bond donors (Lipinski definition) is 4. The van der Waals surface area contributed by atoms with Crippen LogP contribution in [-0.2, 0) is 11.3 Å². The highest BCUT2D eigenvalue weighted by molar-refractivity contribution is 6.01. The van der Waals surface area contributed by atoms with Gasteiger partial charge in [-0.2, -0.15) is 0 Å². The van der Waals surface area contributed by atoms with Crippen molar-refractivity contribution in [1.29, 1.82) is 0 Å². The zero-order chi connectivity index (χ0) is 33.6. The summed E-state index contributed by atoms with van der Waals surface area (Å²) in [5, 5.41) is 22.2. The number of para-hydroxylation sites is 1. The molecule has 1 radical (unpaired) electrons. The number of aromatic hydroxyl groups is 1. The molecule has 4 N–H and O–H groups in total. The normalized spacial score (nSPS) is 13.1. The van der Waals surface area contributed by atoms with Gasteiger partial charge in [0.05, 0.1) is 12.2 Å². The summed E-state index contributed by atoms with van der Waals surface area (Å²) in [6.07, 6.45) is 3.52. The van der Waals surface area contributed by atoms with Crippen molar-refractivity contribution < 1.29 is 24.2 Å². The molecular weight excluding hydrogens is 606 g/mol. The zero-order valence-electron chi connectivity index (χ0n) is 26.9. The molecule has 0 atom stereocenters. The SMILES string of the molecule is O=C(CNCCOC(=O)N(c1ccccc1-c1ccccc1)N1CC[CH]CC1)c1cccc(C(=O)NCCNCc2ccc(O)cc2)c1. The second-order valence-corrected chi connectivity index (χ2v) is 11.4. The lowest BCUT2D eigenvalue weighted by Crippen LogP contribution is -2.50. The number of carbonyl (C=O) groups is 3.